The number of carbonyl (C=O) groups is 1. The maximum Gasteiger partial charge on any atom is 0.257 e. The first-order valence-electron chi connectivity index (χ1n) is 5.45. The van der Waals surface area contributed by atoms with Crippen LogP contribution in [0.4, 0.5) is 4.39 Å². The molecule has 0 aromatic heterocycles. The molecule has 1 amide bonds. The maximum atomic E-state index is 13.6. The van der Waals surface area contributed by atoms with E-state index in [4.69, 9.17) is 0 Å². The Hall–Kier alpha value is -1.16. The predicted molar refractivity (Wildman–Crippen MR) is 70.5 cm³/mol. The smallest absolute Gasteiger partial charge is 0.257 e. The first kappa shape index (κ1) is 13.9. The number of rotatable bonds is 5. The van der Waals surface area contributed by atoms with Gasteiger partial charge in [0, 0.05) is 17.6 Å². The van der Waals surface area contributed by atoms with E-state index < -0.39 is 5.82 Å². The topological polar surface area (TPSA) is 20.3 Å². The number of carbonyl (C=O) groups excluding carboxylic acids is 1. The van der Waals surface area contributed by atoms with E-state index in [2.05, 4.69) is 22.5 Å². The minimum atomic E-state index is -0.505. The van der Waals surface area contributed by atoms with Gasteiger partial charge < -0.3 is 4.90 Å². The fraction of sp³-hybridized carbons (Fsp3) is 0.308. The third kappa shape index (κ3) is 3.66. The lowest BCUT2D eigenvalue weighted by Gasteiger charge is -2.20. The number of hydrogen-bond donors (Lipinski definition) is 0. The highest BCUT2D eigenvalue weighted by Crippen LogP contribution is 2.17. The average Bonchev–Trinajstić information content (AvgIpc) is 2.28. The van der Waals surface area contributed by atoms with Crippen LogP contribution in [0.3, 0.4) is 0 Å². The fourth-order valence-electron chi connectivity index (χ4n) is 1.53. The van der Waals surface area contributed by atoms with Crippen LogP contribution in [0.15, 0.2) is 35.3 Å². The maximum absolute atomic E-state index is 13.6. The van der Waals surface area contributed by atoms with Crippen molar-refractivity contribution in [3.05, 3.63) is 46.7 Å². The van der Waals surface area contributed by atoms with Crippen LogP contribution in [0.1, 0.15) is 23.7 Å². The second kappa shape index (κ2) is 6.55. The molecule has 0 saturated carbocycles. The summed E-state index contributed by atoms with van der Waals surface area (Å²) in [5.74, 6) is -0.800. The van der Waals surface area contributed by atoms with Gasteiger partial charge in [0.2, 0.25) is 0 Å². The van der Waals surface area contributed by atoms with Crippen LogP contribution in [0, 0.1) is 5.82 Å². The highest BCUT2D eigenvalue weighted by atomic mass is 79.9. The number of nitrogens with zero attached hydrogens (tertiary/aromatic N) is 1. The minimum Gasteiger partial charge on any atom is -0.335 e. The highest BCUT2D eigenvalue weighted by molar-refractivity contribution is 9.10. The monoisotopic (exact) mass is 299 g/mol. The van der Waals surface area contributed by atoms with Gasteiger partial charge >= 0.3 is 0 Å². The van der Waals surface area contributed by atoms with E-state index in [0.29, 0.717) is 17.6 Å². The largest absolute Gasteiger partial charge is 0.335 e. The Kier molecular flexibility index (Phi) is 5.35. The van der Waals surface area contributed by atoms with Gasteiger partial charge in [-0.2, -0.15) is 0 Å². The summed E-state index contributed by atoms with van der Waals surface area (Å²) in [6.07, 6.45) is 2.47. The Morgan fingerprint density at radius 2 is 2.29 bits per heavy atom. The fourth-order valence-corrected chi connectivity index (χ4v) is 1.87. The van der Waals surface area contributed by atoms with E-state index in [1.165, 1.54) is 12.1 Å². The van der Waals surface area contributed by atoms with Crippen molar-refractivity contribution in [2.75, 3.05) is 13.1 Å². The zero-order valence-corrected chi connectivity index (χ0v) is 11.3. The zero-order chi connectivity index (χ0) is 12.8. The van der Waals surface area contributed by atoms with Gasteiger partial charge in [-0.1, -0.05) is 28.9 Å². The summed E-state index contributed by atoms with van der Waals surface area (Å²) in [7, 11) is 0. The van der Waals surface area contributed by atoms with Gasteiger partial charge in [0.1, 0.15) is 5.82 Å². The quantitative estimate of drug-likeness (QED) is 0.760. The van der Waals surface area contributed by atoms with Crippen LogP contribution >= 0.6 is 15.9 Å². The number of benzene rings is 1. The third-order valence-electron chi connectivity index (χ3n) is 2.29. The second-order valence-corrected chi connectivity index (χ2v) is 4.58. The summed E-state index contributed by atoms with van der Waals surface area (Å²) < 4.78 is 14.3. The molecule has 0 aliphatic heterocycles. The summed E-state index contributed by atoms with van der Waals surface area (Å²) in [4.78, 5) is 13.7. The lowest BCUT2D eigenvalue weighted by molar-refractivity contribution is 0.0769. The van der Waals surface area contributed by atoms with Gasteiger partial charge in [-0.15, -0.1) is 6.58 Å². The van der Waals surface area contributed by atoms with Crippen LogP contribution in [0.25, 0.3) is 0 Å². The predicted octanol–water partition coefficient (Wildman–Crippen LogP) is 3.63. The first-order valence-corrected chi connectivity index (χ1v) is 6.24. The van der Waals surface area contributed by atoms with E-state index in [-0.39, 0.29) is 11.5 Å². The van der Waals surface area contributed by atoms with E-state index >= 15 is 0 Å². The molecule has 2 nitrogen and oxygen atoms in total. The van der Waals surface area contributed by atoms with Gasteiger partial charge in [-0.3, -0.25) is 4.79 Å². The molecular weight excluding hydrogens is 285 g/mol. The van der Waals surface area contributed by atoms with E-state index in [1.807, 2.05) is 6.92 Å². The van der Waals surface area contributed by atoms with Crippen LogP contribution < -0.4 is 0 Å². The molecule has 4 heteroatoms. The van der Waals surface area contributed by atoms with Crippen LogP contribution in [0.2, 0.25) is 0 Å². The van der Waals surface area contributed by atoms with Crippen molar-refractivity contribution in [3.63, 3.8) is 0 Å². The molecule has 0 bridgehead atoms. The summed E-state index contributed by atoms with van der Waals surface area (Å²) in [5, 5.41) is 0. The lowest BCUT2D eigenvalue weighted by atomic mass is 10.2. The van der Waals surface area contributed by atoms with E-state index in [1.54, 1.807) is 17.0 Å². The molecule has 0 radical (unpaired) electrons. The summed E-state index contributed by atoms with van der Waals surface area (Å²) >= 11 is 3.16. The molecule has 1 rings (SSSR count). The van der Waals surface area contributed by atoms with Crippen LogP contribution in [0.5, 0.6) is 0 Å². The van der Waals surface area contributed by atoms with Gasteiger partial charge in [-0.05, 0) is 24.6 Å². The van der Waals surface area contributed by atoms with Crippen LogP contribution in [-0.2, 0) is 0 Å². The number of amides is 1. The van der Waals surface area contributed by atoms with E-state index in [9.17, 15) is 9.18 Å². The Labute approximate surface area is 109 Å². The van der Waals surface area contributed by atoms with Crippen molar-refractivity contribution in [1.82, 2.24) is 4.90 Å². The molecule has 0 fully saturated rings. The molecule has 1 aromatic carbocycles. The Bertz CT molecular complexity index is 420. The second-order valence-electron chi connectivity index (χ2n) is 3.66. The minimum absolute atomic E-state index is 0.100. The summed E-state index contributed by atoms with van der Waals surface area (Å²) in [5.41, 5.74) is 0.100. The molecule has 0 spiro atoms. The normalized spacial score (nSPS) is 10.1. The number of halogens is 2. The van der Waals surface area contributed by atoms with Crippen molar-refractivity contribution in [1.29, 1.82) is 0 Å². The molecule has 92 valence electrons. The SMILES string of the molecule is C=CCN(CCC)C(=O)c1ccc(Br)cc1F. The zero-order valence-electron chi connectivity index (χ0n) is 9.75. The van der Waals surface area contributed by atoms with Crippen molar-refractivity contribution in [2.45, 2.75) is 13.3 Å². The molecule has 0 unspecified atom stereocenters. The van der Waals surface area contributed by atoms with Gasteiger partial charge in [0.05, 0.1) is 5.56 Å². The molecule has 0 aliphatic rings. The summed E-state index contributed by atoms with van der Waals surface area (Å²) in [6, 6.07) is 4.45. The molecule has 0 N–H and O–H groups in total. The molecular formula is C13H15BrFNO. The third-order valence-corrected chi connectivity index (χ3v) is 2.79. The summed E-state index contributed by atoms with van der Waals surface area (Å²) in [6.45, 7) is 6.60. The van der Waals surface area contributed by atoms with Crippen molar-refractivity contribution in [3.8, 4) is 0 Å². The van der Waals surface area contributed by atoms with Gasteiger partial charge in [0.15, 0.2) is 0 Å². The van der Waals surface area contributed by atoms with E-state index in [0.717, 1.165) is 6.42 Å². The Morgan fingerprint density at radius 1 is 1.59 bits per heavy atom. The first-order chi connectivity index (χ1) is 8.10. The molecule has 0 heterocycles. The molecule has 0 saturated heterocycles. The van der Waals surface area contributed by atoms with Gasteiger partial charge in [-0.25, -0.2) is 4.39 Å². The molecule has 1 aromatic rings. The van der Waals surface area contributed by atoms with Crippen molar-refractivity contribution in [2.24, 2.45) is 0 Å². The van der Waals surface area contributed by atoms with Gasteiger partial charge in [0.25, 0.3) is 5.91 Å². The molecule has 17 heavy (non-hydrogen) atoms. The highest BCUT2D eigenvalue weighted by Gasteiger charge is 2.17. The molecule has 0 atom stereocenters. The lowest BCUT2D eigenvalue weighted by Crippen LogP contribution is -2.32. The molecule has 0 aliphatic carbocycles. The van der Waals surface area contributed by atoms with Crippen molar-refractivity contribution < 1.29 is 9.18 Å². The standard InChI is InChI=1S/C13H15BrFNO/c1-3-7-16(8-4-2)13(17)11-6-5-10(14)9-12(11)15/h3,5-6,9H,1,4,7-8H2,2H3. The van der Waals surface area contributed by atoms with Crippen molar-refractivity contribution >= 4 is 21.8 Å². The average molecular weight is 300 g/mol. The number of hydrogen-bond acceptors (Lipinski definition) is 1. The Morgan fingerprint density at radius 3 is 2.82 bits per heavy atom. The Balaban J connectivity index is 2.96. The van der Waals surface area contributed by atoms with Crippen LogP contribution in [-0.4, -0.2) is 23.9 Å².